The second kappa shape index (κ2) is 9.26. The van der Waals surface area contributed by atoms with Gasteiger partial charge in [-0.25, -0.2) is 4.98 Å². The Hall–Kier alpha value is -3.26. The largest absolute Gasteiger partial charge is 0.252 e. The maximum Gasteiger partial charge on any atom is 0.146 e. The van der Waals surface area contributed by atoms with E-state index in [0.717, 1.165) is 27.8 Å². The van der Waals surface area contributed by atoms with Gasteiger partial charge in [0.15, 0.2) is 0 Å². The SMILES string of the molecule is Cc1ccc(-c2cc(-c3ccccc3)c(C#N)c(S(=O)Cc3ccc(Cl)cc3)n2)cc1. The van der Waals surface area contributed by atoms with E-state index < -0.39 is 10.8 Å². The number of hydrogen-bond acceptors (Lipinski definition) is 3. The number of nitrogens with zero attached hydrogens (tertiary/aromatic N) is 2. The van der Waals surface area contributed by atoms with Gasteiger partial charge in [0.1, 0.15) is 11.1 Å². The number of rotatable bonds is 5. The van der Waals surface area contributed by atoms with Crippen LogP contribution < -0.4 is 0 Å². The molecular formula is C26H19ClN2OS. The van der Waals surface area contributed by atoms with Crippen molar-refractivity contribution in [2.75, 3.05) is 0 Å². The third kappa shape index (κ3) is 4.74. The summed E-state index contributed by atoms with van der Waals surface area (Å²) in [5.41, 5.74) is 5.58. The number of hydrogen-bond donors (Lipinski definition) is 0. The molecule has 31 heavy (non-hydrogen) atoms. The van der Waals surface area contributed by atoms with Crippen LogP contribution in [-0.4, -0.2) is 9.19 Å². The Morgan fingerprint density at radius 3 is 2.26 bits per heavy atom. The highest BCUT2D eigenvalue weighted by molar-refractivity contribution is 7.84. The predicted molar refractivity (Wildman–Crippen MR) is 126 cm³/mol. The van der Waals surface area contributed by atoms with E-state index in [1.807, 2.05) is 79.7 Å². The number of aryl methyl sites for hydroxylation is 1. The lowest BCUT2D eigenvalue weighted by molar-refractivity contribution is 0.679. The lowest BCUT2D eigenvalue weighted by atomic mass is 9.99. The second-order valence-corrected chi connectivity index (χ2v) is 9.00. The van der Waals surface area contributed by atoms with Gasteiger partial charge in [-0.05, 0) is 36.2 Å². The zero-order valence-corrected chi connectivity index (χ0v) is 18.5. The molecule has 1 heterocycles. The molecule has 0 aliphatic rings. The van der Waals surface area contributed by atoms with Crippen molar-refractivity contribution in [2.24, 2.45) is 0 Å². The quantitative estimate of drug-likeness (QED) is 0.351. The van der Waals surface area contributed by atoms with Crippen LogP contribution in [-0.2, 0) is 16.6 Å². The number of halogens is 1. The first-order valence-corrected chi connectivity index (χ1v) is 11.5. The lowest BCUT2D eigenvalue weighted by Gasteiger charge is -2.13. The fourth-order valence-electron chi connectivity index (χ4n) is 3.31. The van der Waals surface area contributed by atoms with E-state index in [-0.39, 0.29) is 5.75 Å². The van der Waals surface area contributed by atoms with Crippen molar-refractivity contribution in [3.05, 3.63) is 107 Å². The van der Waals surface area contributed by atoms with Crippen LogP contribution in [0.15, 0.2) is 90.0 Å². The highest BCUT2D eigenvalue weighted by Gasteiger charge is 2.20. The first-order chi connectivity index (χ1) is 15.0. The molecule has 0 N–H and O–H groups in total. The Balaban J connectivity index is 1.87. The molecule has 0 fully saturated rings. The van der Waals surface area contributed by atoms with Gasteiger partial charge >= 0.3 is 0 Å². The number of pyridine rings is 1. The van der Waals surface area contributed by atoms with E-state index in [2.05, 4.69) is 6.07 Å². The third-order valence-electron chi connectivity index (χ3n) is 4.96. The molecule has 3 nitrogen and oxygen atoms in total. The molecule has 0 saturated carbocycles. The first-order valence-electron chi connectivity index (χ1n) is 9.75. The fraction of sp³-hybridized carbons (Fsp3) is 0.0769. The molecule has 1 unspecified atom stereocenters. The van der Waals surface area contributed by atoms with Crippen molar-refractivity contribution >= 4 is 22.4 Å². The Morgan fingerprint density at radius 1 is 0.935 bits per heavy atom. The summed E-state index contributed by atoms with van der Waals surface area (Å²) in [7, 11) is -1.50. The average Bonchev–Trinajstić information content (AvgIpc) is 2.80. The summed E-state index contributed by atoms with van der Waals surface area (Å²) in [6, 6.07) is 29.1. The van der Waals surface area contributed by atoms with Crippen LogP contribution in [0.1, 0.15) is 16.7 Å². The molecule has 0 radical (unpaired) electrons. The van der Waals surface area contributed by atoms with E-state index in [0.29, 0.717) is 21.3 Å². The van der Waals surface area contributed by atoms with E-state index in [9.17, 15) is 9.47 Å². The Morgan fingerprint density at radius 2 is 1.61 bits per heavy atom. The smallest absolute Gasteiger partial charge is 0.146 e. The molecule has 0 aliphatic heterocycles. The normalized spacial score (nSPS) is 11.6. The predicted octanol–water partition coefficient (Wildman–Crippen LogP) is 6.56. The van der Waals surface area contributed by atoms with Gasteiger partial charge in [0, 0.05) is 16.1 Å². The van der Waals surface area contributed by atoms with Crippen molar-refractivity contribution in [1.29, 1.82) is 5.26 Å². The average molecular weight is 443 g/mol. The zero-order chi connectivity index (χ0) is 21.8. The Kier molecular flexibility index (Phi) is 6.27. The summed E-state index contributed by atoms with van der Waals surface area (Å²) in [6.45, 7) is 2.03. The first kappa shape index (κ1) is 21.0. The van der Waals surface area contributed by atoms with Gasteiger partial charge in [0.2, 0.25) is 0 Å². The van der Waals surface area contributed by atoms with Gasteiger partial charge in [-0.2, -0.15) is 5.26 Å². The van der Waals surface area contributed by atoms with Crippen molar-refractivity contribution in [2.45, 2.75) is 17.7 Å². The molecule has 3 aromatic carbocycles. The minimum Gasteiger partial charge on any atom is -0.252 e. The van der Waals surface area contributed by atoms with Gasteiger partial charge in [-0.1, -0.05) is 83.9 Å². The molecule has 0 spiro atoms. The number of nitriles is 1. The molecule has 1 atom stereocenters. The summed E-state index contributed by atoms with van der Waals surface area (Å²) in [6.07, 6.45) is 0. The number of aromatic nitrogens is 1. The molecule has 0 aliphatic carbocycles. The fourth-order valence-corrected chi connectivity index (χ4v) is 4.65. The van der Waals surface area contributed by atoms with E-state index >= 15 is 0 Å². The van der Waals surface area contributed by atoms with E-state index in [4.69, 9.17) is 16.6 Å². The topological polar surface area (TPSA) is 53.8 Å². The third-order valence-corrected chi connectivity index (χ3v) is 6.53. The van der Waals surface area contributed by atoms with E-state index in [1.165, 1.54) is 0 Å². The summed E-state index contributed by atoms with van der Waals surface area (Å²) in [5.74, 6) is 0.254. The van der Waals surface area contributed by atoms with Gasteiger partial charge in [0.05, 0.1) is 27.8 Å². The summed E-state index contributed by atoms with van der Waals surface area (Å²) >= 11 is 5.97. The molecule has 1 aromatic heterocycles. The van der Waals surface area contributed by atoms with Crippen molar-refractivity contribution < 1.29 is 4.21 Å². The van der Waals surface area contributed by atoms with Crippen LogP contribution in [0.25, 0.3) is 22.4 Å². The molecular weight excluding hydrogens is 424 g/mol. The van der Waals surface area contributed by atoms with Gasteiger partial charge < -0.3 is 0 Å². The van der Waals surface area contributed by atoms with Crippen molar-refractivity contribution in [3.63, 3.8) is 0 Å². The molecule has 4 rings (SSSR count). The zero-order valence-electron chi connectivity index (χ0n) is 16.9. The highest BCUT2D eigenvalue weighted by atomic mass is 35.5. The van der Waals surface area contributed by atoms with Crippen LogP contribution in [0.3, 0.4) is 0 Å². The maximum atomic E-state index is 13.4. The molecule has 0 amide bonds. The minimum atomic E-state index is -1.50. The molecule has 4 aromatic rings. The molecule has 5 heteroatoms. The van der Waals surface area contributed by atoms with Crippen LogP contribution in [0.5, 0.6) is 0 Å². The second-order valence-electron chi connectivity index (χ2n) is 7.20. The lowest BCUT2D eigenvalue weighted by Crippen LogP contribution is -2.05. The minimum absolute atomic E-state index is 0.254. The highest BCUT2D eigenvalue weighted by Crippen LogP contribution is 2.32. The van der Waals surface area contributed by atoms with Crippen molar-refractivity contribution in [1.82, 2.24) is 4.98 Å². The molecule has 152 valence electrons. The summed E-state index contributed by atoms with van der Waals surface area (Å²) in [4.78, 5) is 4.69. The van der Waals surface area contributed by atoms with Gasteiger partial charge in [-0.15, -0.1) is 0 Å². The van der Waals surface area contributed by atoms with Crippen LogP contribution in [0.2, 0.25) is 5.02 Å². The maximum absolute atomic E-state index is 13.4. The summed E-state index contributed by atoms with van der Waals surface area (Å²) < 4.78 is 13.4. The summed E-state index contributed by atoms with van der Waals surface area (Å²) in [5, 5.41) is 10.9. The van der Waals surface area contributed by atoms with E-state index in [1.54, 1.807) is 12.1 Å². The van der Waals surface area contributed by atoms with Crippen LogP contribution >= 0.6 is 11.6 Å². The standard InChI is InChI=1S/C26H19ClN2OS/c1-18-7-11-21(12-8-18)25-15-23(20-5-3-2-4-6-20)24(16-28)26(29-25)31(30)17-19-9-13-22(27)14-10-19/h2-15H,17H2,1H3. The van der Waals surface area contributed by atoms with Crippen LogP contribution in [0, 0.1) is 18.3 Å². The molecule has 0 bridgehead atoms. The monoisotopic (exact) mass is 442 g/mol. The van der Waals surface area contributed by atoms with Gasteiger partial charge in [0.25, 0.3) is 0 Å². The Labute approximate surface area is 189 Å². The van der Waals surface area contributed by atoms with Crippen LogP contribution in [0.4, 0.5) is 0 Å². The number of benzene rings is 3. The van der Waals surface area contributed by atoms with Gasteiger partial charge in [-0.3, -0.25) is 4.21 Å². The van der Waals surface area contributed by atoms with Crippen molar-refractivity contribution in [3.8, 4) is 28.5 Å². The Bertz CT molecular complexity index is 1280. The molecule has 0 saturated heterocycles.